The van der Waals surface area contributed by atoms with Gasteiger partial charge in [0.1, 0.15) is 5.75 Å². The molecule has 1 amide bonds. The Balaban J connectivity index is 1.44. The summed E-state index contributed by atoms with van der Waals surface area (Å²) < 4.78 is 11.7. The van der Waals surface area contributed by atoms with Crippen LogP contribution in [0.4, 0.5) is 0 Å². The van der Waals surface area contributed by atoms with Crippen LogP contribution in [0.3, 0.4) is 0 Å². The molecule has 2 N–H and O–H groups in total. The molecule has 0 spiro atoms. The Morgan fingerprint density at radius 3 is 2.59 bits per heavy atom. The molecule has 0 saturated carbocycles. The predicted molar refractivity (Wildman–Crippen MR) is 121 cm³/mol. The average molecular weight is 510 g/mol. The smallest absolute Gasteiger partial charge is 0.255 e. The van der Waals surface area contributed by atoms with Crippen molar-refractivity contribution in [3.8, 4) is 17.2 Å². The molecule has 2 aromatic rings. The zero-order valence-corrected chi connectivity index (χ0v) is 19.0. The summed E-state index contributed by atoms with van der Waals surface area (Å²) in [5.41, 5.74) is 2.94. The quantitative estimate of drug-likeness (QED) is 0.420. The minimum atomic E-state index is -0.228. The molecule has 0 radical (unpaired) electrons. The number of rotatable bonds is 8. The van der Waals surface area contributed by atoms with Crippen molar-refractivity contribution >= 4 is 28.5 Å². The van der Waals surface area contributed by atoms with Gasteiger partial charge in [-0.05, 0) is 89.9 Å². The third-order valence-electron chi connectivity index (χ3n) is 5.19. The summed E-state index contributed by atoms with van der Waals surface area (Å²) in [6.45, 7) is 3.50. The van der Waals surface area contributed by atoms with Crippen LogP contribution in [0, 0.1) is 3.57 Å². The monoisotopic (exact) mass is 510 g/mol. The van der Waals surface area contributed by atoms with E-state index in [1.54, 1.807) is 32.4 Å². The van der Waals surface area contributed by atoms with E-state index in [-0.39, 0.29) is 11.7 Å². The third-order valence-corrected chi connectivity index (χ3v) is 5.86. The zero-order valence-electron chi connectivity index (χ0n) is 16.8. The number of carbonyl (C=O) groups is 1. The van der Waals surface area contributed by atoms with E-state index in [0.717, 1.165) is 54.0 Å². The zero-order chi connectivity index (χ0) is 20.8. The number of amides is 1. The number of phenolic OH excluding ortho intramolecular Hbond substituents is 1. The molecule has 0 saturated heterocycles. The second-order valence-corrected chi connectivity index (χ2v) is 8.37. The van der Waals surface area contributed by atoms with Gasteiger partial charge in [0.2, 0.25) is 0 Å². The highest BCUT2D eigenvalue weighted by Crippen LogP contribution is 2.33. The van der Waals surface area contributed by atoms with Crippen molar-refractivity contribution in [2.24, 2.45) is 0 Å². The molecular weight excluding hydrogens is 483 g/mol. The topological polar surface area (TPSA) is 71.0 Å². The molecule has 0 atom stereocenters. The van der Waals surface area contributed by atoms with E-state index in [1.165, 1.54) is 11.1 Å². The van der Waals surface area contributed by atoms with Crippen molar-refractivity contribution in [3.63, 3.8) is 0 Å². The number of ether oxygens (including phenoxy) is 2. The fourth-order valence-electron chi connectivity index (χ4n) is 3.58. The van der Waals surface area contributed by atoms with Crippen LogP contribution in [0.15, 0.2) is 30.3 Å². The minimum Gasteiger partial charge on any atom is -0.507 e. The molecule has 6 nitrogen and oxygen atoms in total. The van der Waals surface area contributed by atoms with Crippen molar-refractivity contribution in [3.05, 3.63) is 50.6 Å². The van der Waals surface area contributed by atoms with E-state index in [1.807, 2.05) is 0 Å². The molecule has 2 aromatic carbocycles. The van der Waals surface area contributed by atoms with Gasteiger partial charge in [-0.2, -0.15) is 0 Å². The first-order chi connectivity index (χ1) is 14.0. The van der Waals surface area contributed by atoms with Crippen LogP contribution in [0.2, 0.25) is 0 Å². The van der Waals surface area contributed by atoms with Crippen LogP contribution in [0.5, 0.6) is 17.2 Å². The molecule has 156 valence electrons. The number of hydrogen-bond donors (Lipinski definition) is 2. The number of phenols is 1. The molecule has 0 fully saturated rings. The highest BCUT2D eigenvalue weighted by atomic mass is 127. The van der Waals surface area contributed by atoms with Crippen LogP contribution in [-0.2, 0) is 13.0 Å². The molecule has 29 heavy (non-hydrogen) atoms. The summed E-state index contributed by atoms with van der Waals surface area (Å²) in [6, 6.07) is 9.18. The van der Waals surface area contributed by atoms with E-state index in [9.17, 15) is 9.90 Å². The van der Waals surface area contributed by atoms with Gasteiger partial charge in [-0.25, -0.2) is 0 Å². The van der Waals surface area contributed by atoms with Crippen LogP contribution in [-0.4, -0.2) is 49.8 Å². The summed E-state index contributed by atoms with van der Waals surface area (Å²) in [4.78, 5) is 14.7. The van der Waals surface area contributed by atoms with Crippen molar-refractivity contribution < 1.29 is 19.4 Å². The number of unbranched alkanes of at least 4 members (excludes halogenated alkanes) is 1. The van der Waals surface area contributed by atoms with Gasteiger partial charge in [0.05, 0.1) is 19.8 Å². The van der Waals surface area contributed by atoms with Gasteiger partial charge in [0.25, 0.3) is 5.91 Å². The van der Waals surface area contributed by atoms with Gasteiger partial charge in [0, 0.05) is 23.2 Å². The Bertz CT molecular complexity index is 872. The maximum Gasteiger partial charge on any atom is 0.255 e. The number of halogens is 1. The van der Waals surface area contributed by atoms with E-state index >= 15 is 0 Å². The van der Waals surface area contributed by atoms with Crippen LogP contribution >= 0.6 is 22.6 Å². The lowest BCUT2D eigenvalue weighted by molar-refractivity contribution is 0.0949. The summed E-state index contributed by atoms with van der Waals surface area (Å²) in [5, 5.41) is 12.7. The molecule has 0 aromatic heterocycles. The van der Waals surface area contributed by atoms with Gasteiger partial charge >= 0.3 is 0 Å². The standard InChI is InChI=1S/C22H27IN2O4/c1-28-20-11-15-7-10-25(14-16(15)12-21(20)29-2)9-4-3-8-24-22(27)18-13-17(23)5-6-19(18)26/h5-6,11-13,26H,3-4,7-10,14H2,1-2H3,(H,24,27). The first-order valence-electron chi connectivity index (χ1n) is 9.74. The summed E-state index contributed by atoms with van der Waals surface area (Å²) in [6.07, 6.45) is 2.89. The maximum atomic E-state index is 12.2. The Morgan fingerprint density at radius 1 is 1.14 bits per heavy atom. The number of nitrogens with zero attached hydrogens (tertiary/aromatic N) is 1. The van der Waals surface area contributed by atoms with Crippen molar-refractivity contribution in [1.29, 1.82) is 0 Å². The van der Waals surface area contributed by atoms with Crippen molar-refractivity contribution in [1.82, 2.24) is 10.2 Å². The maximum absolute atomic E-state index is 12.2. The Morgan fingerprint density at radius 2 is 1.86 bits per heavy atom. The van der Waals surface area contributed by atoms with E-state index in [0.29, 0.717) is 12.1 Å². The fourth-order valence-corrected chi connectivity index (χ4v) is 4.07. The first kappa shape index (κ1) is 21.7. The number of hydrogen-bond acceptors (Lipinski definition) is 5. The molecule has 1 aliphatic heterocycles. The van der Waals surface area contributed by atoms with Crippen LogP contribution < -0.4 is 14.8 Å². The second kappa shape index (κ2) is 10.2. The molecule has 0 aliphatic carbocycles. The number of aromatic hydroxyl groups is 1. The average Bonchev–Trinajstić information content (AvgIpc) is 2.73. The number of methoxy groups -OCH3 is 2. The highest BCUT2D eigenvalue weighted by molar-refractivity contribution is 14.1. The van der Waals surface area contributed by atoms with E-state index in [2.05, 4.69) is 44.9 Å². The van der Waals surface area contributed by atoms with Gasteiger partial charge in [0.15, 0.2) is 11.5 Å². The molecule has 7 heteroatoms. The molecular formula is C22H27IN2O4. The summed E-state index contributed by atoms with van der Waals surface area (Å²) >= 11 is 2.13. The minimum absolute atomic E-state index is 0.0157. The SMILES string of the molecule is COc1cc2c(cc1OC)CN(CCCCNC(=O)c1cc(I)ccc1O)CC2. The third kappa shape index (κ3) is 5.54. The summed E-state index contributed by atoms with van der Waals surface area (Å²) in [5.74, 6) is 1.35. The lowest BCUT2D eigenvalue weighted by atomic mass is 9.98. The summed E-state index contributed by atoms with van der Waals surface area (Å²) in [7, 11) is 3.33. The Labute approximate surface area is 185 Å². The van der Waals surface area contributed by atoms with Crippen LogP contribution in [0.25, 0.3) is 0 Å². The molecule has 0 bridgehead atoms. The lowest BCUT2D eigenvalue weighted by Gasteiger charge is -2.29. The normalized spacial score (nSPS) is 13.6. The number of carbonyl (C=O) groups excluding carboxylic acids is 1. The van der Waals surface area contributed by atoms with Gasteiger partial charge in [-0.1, -0.05) is 0 Å². The Hall–Kier alpha value is -2.00. The molecule has 1 aliphatic rings. The van der Waals surface area contributed by atoms with E-state index in [4.69, 9.17) is 9.47 Å². The van der Waals surface area contributed by atoms with E-state index < -0.39 is 0 Å². The highest BCUT2D eigenvalue weighted by Gasteiger charge is 2.19. The number of benzene rings is 2. The van der Waals surface area contributed by atoms with Crippen molar-refractivity contribution in [2.45, 2.75) is 25.8 Å². The fraction of sp³-hybridized carbons (Fsp3) is 0.409. The number of fused-ring (bicyclic) bond motifs is 1. The molecule has 3 rings (SSSR count). The number of nitrogens with one attached hydrogen (secondary N) is 1. The van der Waals surface area contributed by atoms with Gasteiger partial charge < -0.3 is 19.9 Å². The largest absolute Gasteiger partial charge is 0.507 e. The van der Waals surface area contributed by atoms with Crippen LogP contribution in [0.1, 0.15) is 34.3 Å². The van der Waals surface area contributed by atoms with Crippen molar-refractivity contribution in [2.75, 3.05) is 33.9 Å². The van der Waals surface area contributed by atoms with Gasteiger partial charge in [-0.3, -0.25) is 9.69 Å². The first-order valence-corrected chi connectivity index (χ1v) is 10.8. The predicted octanol–water partition coefficient (Wildman–Crippen LogP) is 3.58. The van der Waals surface area contributed by atoms with Gasteiger partial charge in [-0.15, -0.1) is 0 Å². The lowest BCUT2D eigenvalue weighted by Crippen LogP contribution is -2.32. The molecule has 1 heterocycles. The Kier molecular flexibility index (Phi) is 7.60. The second-order valence-electron chi connectivity index (χ2n) is 7.13. The molecule has 0 unspecified atom stereocenters.